The minimum absolute atomic E-state index is 0.203. The number of aromatic nitrogens is 2. The van der Waals surface area contributed by atoms with Crippen molar-refractivity contribution >= 4 is 0 Å². The molecule has 0 radical (unpaired) electrons. The average Bonchev–Trinajstić information content (AvgIpc) is 3.05. The van der Waals surface area contributed by atoms with E-state index >= 15 is 0 Å². The van der Waals surface area contributed by atoms with Crippen LogP contribution in [-0.4, -0.2) is 22.9 Å². The molecule has 1 aromatic rings. The fraction of sp³-hybridized carbons (Fsp3) is 0.846. The van der Waals surface area contributed by atoms with Crippen LogP contribution >= 0.6 is 0 Å². The zero-order chi connectivity index (χ0) is 13.2. The van der Waals surface area contributed by atoms with Gasteiger partial charge in [-0.3, -0.25) is 0 Å². The fourth-order valence-corrected chi connectivity index (χ4v) is 2.49. The van der Waals surface area contributed by atoms with E-state index in [4.69, 9.17) is 15.0 Å². The molecule has 2 heterocycles. The van der Waals surface area contributed by atoms with Crippen molar-refractivity contribution in [2.24, 2.45) is 5.73 Å². The molecule has 0 aromatic carbocycles. The van der Waals surface area contributed by atoms with Crippen molar-refractivity contribution in [3.63, 3.8) is 0 Å². The molecule has 2 N–H and O–H groups in total. The van der Waals surface area contributed by atoms with Crippen LogP contribution < -0.4 is 5.73 Å². The molecular formula is C13H23N3O2. The molecule has 0 amide bonds. The van der Waals surface area contributed by atoms with E-state index in [1.807, 2.05) is 13.8 Å². The van der Waals surface area contributed by atoms with Crippen LogP contribution in [0.1, 0.15) is 64.1 Å². The lowest BCUT2D eigenvalue weighted by Gasteiger charge is -2.21. The number of nitrogens with zero attached hydrogens (tertiary/aromatic N) is 2. The maximum absolute atomic E-state index is 6.28. The summed E-state index contributed by atoms with van der Waals surface area (Å²) in [7, 11) is 0. The van der Waals surface area contributed by atoms with E-state index < -0.39 is 5.54 Å². The predicted octanol–water partition coefficient (Wildman–Crippen LogP) is 2.33. The Morgan fingerprint density at radius 3 is 2.67 bits per heavy atom. The SMILES string of the molecule is CCC1OCCC1c1nc(C(N)(CC)CC)no1. The van der Waals surface area contributed by atoms with Crippen molar-refractivity contribution < 1.29 is 9.26 Å². The van der Waals surface area contributed by atoms with Gasteiger partial charge in [-0.15, -0.1) is 0 Å². The molecule has 1 aromatic heterocycles. The monoisotopic (exact) mass is 253 g/mol. The van der Waals surface area contributed by atoms with E-state index in [2.05, 4.69) is 17.1 Å². The Labute approximate surface area is 108 Å². The van der Waals surface area contributed by atoms with Crippen LogP contribution in [0.15, 0.2) is 4.52 Å². The van der Waals surface area contributed by atoms with Crippen molar-refractivity contribution in [2.45, 2.75) is 64.0 Å². The van der Waals surface area contributed by atoms with Gasteiger partial charge in [-0.2, -0.15) is 4.98 Å². The highest BCUT2D eigenvalue weighted by Crippen LogP contribution is 2.33. The highest BCUT2D eigenvalue weighted by molar-refractivity contribution is 5.07. The zero-order valence-corrected chi connectivity index (χ0v) is 11.5. The Morgan fingerprint density at radius 1 is 1.33 bits per heavy atom. The number of nitrogens with two attached hydrogens (primary N) is 1. The van der Waals surface area contributed by atoms with Gasteiger partial charge in [0.2, 0.25) is 5.89 Å². The Hall–Kier alpha value is -0.940. The number of hydrogen-bond donors (Lipinski definition) is 1. The van der Waals surface area contributed by atoms with Crippen molar-refractivity contribution in [3.05, 3.63) is 11.7 Å². The molecular weight excluding hydrogens is 230 g/mol. The molecule has 1 aliphatic rings. The molecule has 2 rings (SSSR count). The van der Waals surface area contributed by atoms with Crippen LogP contribution in [0.2, 0.25) is 0 Å². The Kier molecular flexibility index (Phi) is 4.02. The summed E-state index contributed by atoms with van der Waals surface area (Å²) in [4.78, 5) is 4.52. The molecule has 5 nitrogen and oxygen atoms in total. The van der Waals surface area contributed by atoms with Crippen LogP contribution in [0.4, 0.5) is 0 Å². The Balaban J connectivity index is 2.20. The van der Waals surface area contributed by atoms with Crippen molar-refractivity contribution in [1.29, 1.82) is 0 Å². The maximum atomic E-state index is 6.28. The van der Waals surface area contributed by atoms with Crippen LogP contribution in [0, 0.1) is 0 Å². The molecule has 0 bridgehead atoms. The summed E-state index contributed by atoms with van der Waals surface area (Å²) in [6, 6.07) is 0. The van der Waals surface area contributed by atoms with E-state index in [1.165, 1.54) is 0 Å². The highest BCUT2D eigenvalue weighted by Gasteiger charge is 2.35. The van der Waals surface area contributed by atoms with Gasteiger partial charge >= 0.3 is 0 Å². The van der Waals surface area contributed by atoms with Gasteiger partial charge in [0.25, 0.3) is 0 Å². The van der Waals surface area contributed by atoms with Gasteiger partial charge in [-0.25, -0.2) is 0 Å². The summed E-state index contributed by atoms with van der Waals surface area (Å²) in [5, 5.41) is 4.08. The van der Waals surface area contributed by atoms with Crippen LogP contribution in [0.5, 0.6) is 0 Å². The molecule has 1 saturated heterocycles. The zero-order valence-electron chi connectivity index (χ0n) is 11.5. The molecule has 2 atom stereocenters. The Morgan fingerprint density at radius 2 is 2.06 bits per heavy atom. The first-order chi connectivity index (χ1) is 8.64. The molecule has 5 heteroatoms. The summed E-state index contributed by atoms with van der Waals surface area (Å²) in [5.41, 5.74) is 5.81. The molecule has 0 saturated carbocycles. The van der Waals surface area contributed by atoms with Crippen molar-refractivity contribution in [2.75, 3.05) is 6.61 Å². The van der Waals surface area contributed by atoms with Gasteiger partial charge in [0, 0.05) is 6.61 Å². The van der Waals surface area contributed by atoms with E-state index in [9.17, 15) is 0 Å². The van der Waals surface area contributed by atoms with Gasteiger partial charge in [-0.1, -0.05) is 25.9 Å². The third kappa shape index (κ3) is 2.29. The number of ether oxygens (including phenoxy) is 1. The summed E-state index contributed by atoms with van der Waals surface area (Å²) in [6.07, 6.45) is 3.74. The minimum Gasteiger partial charge on any atom is -0.377 e. The van der Waals surface area contributed by atoms with Crippen LogP contribution in [0.3, 0.4) is 0 Å². The normalized spacial score (nSPS) is 24.7. The van der Waals surface area contributed by atoms with Crippen molar-refractivity contribution in [3.8, 4) is 0 Å². The third-order valence-electron chi connectivity index (χ3n) is 4.08. The quantitative estimate of drug-likeness (QED) is 0.871. The lowest BCUT2D eigenvalue weighted by molar-refractivity contribution is 0.0953. The lowest BCUT2D eigenvalue weighted by Crippen LogP contribution is -2.36. The molecule has 2 unspecified atom stereocenters. The van der Waals surface area contributed by atoms with Gasteiger partial charge in [0.05, 0.1) is 17.6 Å². The third-order valence-corrected chi connectivity index (χ3v) is 4.08. The van der Waals surface area contributed by atoms with Crippen molar-refractivity contribution in [1.82, 2.24) is 10.1 Å². The summed E-state index contributed by atoms with van der Waals surface area (Å²) < 4.78 is 11.1. The molecule has 0 spiro atoms. The van der Waals surface area contributed by atoms with E-state index in [-0.39, 0.29) is 12.0 Å². The van der Waals surface area contributed by atoms with Crippen LogP contribution in [-0.2, 0) is 10.3 Å². The first-order valence-corrected chi connectivity index (χ1v) is 6.89. The molecule has 102 valence electrons. The van der Waals surface area contributed by atoms with E-state index in [1.54, 1.807) is 0 Å². The second kappa shape index (κ2) is 5.36. The average molecular weight is 253 g/mol. The molecule has 1 aliphatic heterocycles. The fourth-order valence-electron chi connectivity index (χ4n) is 2.49. The van der Waals surface area contributed by atoms with E-state index in [0.717, 1.165) is 32.3 Å². The van der Waals surface area contributed by atoms with E-state index in [0.29, 0.717) is 11.7 Å². The van der Waals surface area contributed by atoms with Gasteiger partial charge < -0.3 is 15.0 Å². The lowest BCUT2D eigenvalue weighted by atomic mass is 9.93. The summed E-state index contributed by atoms with van der Waals surface area (Å²) >= 11 is 0. The summed E-state index contributed by atoms with van der Waals surface area (Å²) in [5.74, 6) is 1.55. The second-order valence-corrected chi connectivity index (χ2v) is 5.03. The molecule has 0 aliphatic carbocycles. The van der Waals surface area contributed by atoms with Crippen LogP contribution in [0.25, 0.3) is 0 Å². The first kappa shape index (κ1) is 13.5. The maximum Gasteiger partial charge on any atom is 0.232 e. The first-order valence-electron chi connectivity index (χ1n) is 6.89. The largest absolute Gasteiger partial charge is 0.377 e. The smallest absolute Gasteiger partial charge is 0.232 e. The topological polar surface area (TPSA) is 74.2 Å². The highest BCUT2D eigenvalue weighted by atomic mass is 16.5. The number of hydrogen-bond acceptors (Lipinski definition) is 5. The molecule has 1 fully saturated rings. The predicted molar refractivity (Wildman–Crippen MR) is 68.1 cm³/mol. The minimum atomic E-state index is -0.469. The summed E-state index contributed by atoms with van der Waals surface area (Å²) in [6.45, 7) is 6.99. The van der Waals surface area contributed by atoms with Gasteiger partial charge in [0.1, 0.15) is 0 Å². The second-order valence-electron chi connectivity index (χ2n) is 5.03. The molecule has 18 heavy (non-hydrogen) atoms. The van der Waals surface area contributed by atoms with Gasteiger partial charge in [-0.05, 0) is 25.7 Å². The van der Waals surface area contributed by atoms with Gasteiger partial charge in [0.15, 0.2) is 5.82 Å². The Bertz CT molecular complexity index is 387. The standard InChI is InChI=1S/C13H23N3O2/c1-4-10-9(7-8-17-10)11-15-12(16-18-11)13(14,5-2)6-3/h9-10H,4-8,14H2,1-3H3. The number of rotatable bonds is 5.